The van der Waals surface area contributed by atoms with Gasteiger partial charge in [-0.05, 0) is 43.4 Å². The fourth-order valence-corrected chi connectivity index (χ4v) is 4.13. The Balaban J connectivity index is 1.51. The summed E-state index contributed by atoms with van der Waals surface area (Å²) in [6, 6.07) is 10.2. The number of rotatable bonds is 7. The van der Waals surface area contributed by atoms with Crippen molar-refractivity contribution in [3.05, 3.63) is 48.3 Å². The predicted molar refractivity (Wildman–Crippen MR) is 120 cm³/mol. The zero-order valence-corrected chi connectivity index (χ0v) is 18.4. The molecule has 1 atom stereocenters. The molecule has 1 aliphatic heterocycles. The van der Waals surface area contributed by atoms with Crippen molar-refractivity contribution in [3.63, 3.8) is 0 Å². The van der Waals surface area contributed by atoms with E-state index in [0.29, 0.717) is 5.92 Å². The summed E-state index contributed by atoms with van der Waals surface area (Å²) < 4.78 is 1.92. The highest BCUT2D eigenvalue weighted by Crippen LogP contribution is 2.17. The van der Waals surface area contributed by atoms with Crippen LogP contribution in [0.1, 0.15) is 32.3 Å². The summed E-state index contributed by atoms with van der Waals surface area (Å²) in [6.45, 7) is 10.0. The highest BCUT2D eigenvalue weighted by molar-refractivity contribution is 5.79. The molecule has 3 rings (SSSR count). The summed E-state index contributed by atoms with van der Waals surface area (Å²) in [5.74, 6) is 2.37. The number of hydrogen-bond donors (Lipinski definition) is 1. The largest absolute Gasteiger partial charge is 0.356 e. The van der Waals surface area contributed by atoms with Crippen molar-refractivity contribution in [1.29, 1.82) is 0 Å². The van der Waals surface area contributed by atoms with Crippen molar-refractivity contribution >= 4 is 5.96 Å². The van der Waals surface area contributed by atoms with Gasteiger partial charge in [0.15, 0.2) is 5.96 Å². The fraction of sp³-hybridized carbons (Fsp3) is 0.565. The van der Waals surface area contributed by atoms with Crippen molar-refractivity contribution in [2.24, 2.45) is 16.8 Å². The van der Waals surface area contributed by atoms with Crippen LogP contribution in [-0.2, 0) is 6.54 Å². The molecule has 1 fully saturated rings. The zero-order valence-electron chi connectivity index (χ0n) is 18.4. The molecule has 158 valence electrons. The number of aliphatic imine (C=N–C) groups is 1. The average molecular weight is 397 g/mol. The number of nitrogens with one attached hydrogen (secondary N) is 1. The molecule has 1 aromatic carbocycles. The van der Waals surface area contributed by atoms with E-state index in [4.69, 9.17) is 0 Å². The monoisotopic (exact) mass is 396 g/mol. The summed E-state index contributed by atoms with van der Waals surface area (Å²) in [5, 5.41) is 8.09. The van der Waals surface area contributed by atoms with Crippen molar-refractivity contribution in [2.75, 3.05) is 40.3 Å². The molecule has 0 amide bonds. The van der Waals surface area contributed by atoms with Gasteiger partial charge in [-0.2, -0.15) is 5.10 Å². The lowest BCUT2D eigenvalue weighted by molar-refractivity contribution is 0.159. The van der Waals surface area contributed by atoms with Crippen LogP contribution in [0.15, 0.2) is 47.7 Å². The van der Waals surface area contributed by atoms with Gasteiger partial charge in [0.25, 0.3) is 0 Å². The van der Waals surface area contributed by atoms with E-state index in [9.17, 15) is 0 Å². The molecule has 1 aromatic heterocycles. The molecule has 1 saturated heterocycles. The van der Waals surface area contributed by atoms with Gasteiger partial charge in [0.2, 0.25) is 0 Å². The first-order valence-corrected chi connectivity index (χ1v) is 10.8. The van der Waals surface area contributed by atoms with Crippen LogP contribution in [0.5, 0.6) is 0 Å². The third-order valence-electron chi connectivity index (χ3n) is 5.43. The Kier molecular flexibility index (Phi) is 7.69. The molecular formula is C23H36N6. The standard InChI is InChI=1S/C23H36N6/c1-19(2)15-28-12-8-9-20(17-28)13-25-23(24-3)27(4)16-21-14-26-29(18-21)22-10-6-5-7-11-22/h5-7,10-11,14,18-20H,8-9,12-13,15-17H2,1-4H3,(H,24,25). The topological polar surface area (TPSA) is 48.7 Å². The van der Waals surface area contributed by atoms with Crippen LogP contribution in [0.3, 0.4) is 0 Å². The molecule has 1 unspecified atom stereocenters. The number of likely N-dealkylation sites (tertiary alicyclic amines) is 1. The van der Waals surface area contributed by atoms with Crippen LogP contribution in [0.2, 0.25) is 0 Å². The second-order valence-electron chi connectivity index (χ2n) is 8.57. The Morgan fingerprint density at radius 1 is 1.31 bits per heavy atom. The van der Waals surface area contributed by atoms with E-state index in [1.165, 1.54) is 38.0 Å². The summed E-state index contributed by atoms with van der Waals surface area (Å²) in [5.41, 5.74) is 2.24. The summed E-state index contributed by atoms with van der Waals surface area (Å²) >= 11 is 0. The smallest absolute Gasteiger partial charge is 0.193 e. The van der Waals surface area contributed by atoms with E-state index in [2.05, 4.69) is 64.4 Å². The Hall–Kier alpha value is -2.34. The zero-order chi connectivity index (χ0) is 20.6. The quantitative estimate of drug-likeness (QED) is 0.577. The molecule has 2 heterocycles. The first-order valence-electron chi connectivity index (χ1n) is 10.8. The molecule has 0 saturated carbocycles. The van der Waals surface area contributed by atoms with Crippen LogP contribution in [0, 0.1) is 11.8 Å². The van der Waals surface area contributed by atoms with Gasteiger partial charge in [-0.3, -0.25) is 4.99 Å². The molecule has 6 nitrogen and oxygen atoms in total. The summed E-state index contributed by atoms with van der Waals surface area (Å²) in [6.07, 6.45) is 6.62. The second-order valence-corrected chi connectivity index (χ2v) is 8.57. The lowest BCUT2D eigenvalue weighted by Gasteiger charge is -2.34. The maximum absolute atomic E-state index is 4.50. The van der Waals surface area contributed by atoms with E-state index >= 15 is 0 Å². The van der Waals surface area contributed by atoms with Gasteiger partial charge in [0.1, 0.15) is 0 Å². The number of benzene rings is 1. The maximum Gasteiger partial charge on any atom is 0.193 e. The van der Waals surface area contributed by atoms with Crippen LogP contribution in [0.25, 0.3) is 5.69 Å². The van der Waals surface area contributed by atoms with Gasteiger partial charge >= 0.3 is 0 Å². The first-order chi connectivity index (χ1) is 14.0. The molecule has 2 aromatic rings. The Morgan fingerprint density at radius 3 is 2.83 bits per heavy atom. The average Bonchev–Trinajstić information content (AvgIpc) is 3.17. The minimum Gasteiger partial charge on any atom is -0.356 e. The van der Waals surface area contributed by atoms with Gasteiger partial charge in [0, 0.05) is 52.0 Å². The molecule has 0 spiro atoms. The summed E-state index contributed by atoms with van der Waals surface area (Å²) in [4.78, 5) is 9.28. The number of piperidine rings is 1. The predicted octanol–water partition coefficient (Wildman–Crippen LogP) is 3.25. The molecule has 0 aliphatic carbocycles. The number of guanidine groups is 1. The van der Waals surface area contributed by atoms with Crippen molar-refractivity contribution in [2.45, 2.75) is 33.2 Å². The molecule has 29 heavy (non-hydrogen) atoms. The first kappa shape index (κ1) is 21.4. The van der Waals surface area contributed by atoms with E-state index in [1.54, 1.807) is 0 Å². The van der Waals surface area contributed by atoms with E-state index in [1.807, 2.05) is 36.1 Å². The normalized spacial score (nSPS) is 18.2. The minimum absolute atomic E-state index is 0.688. The lowest BCUT2D eigenvalue weighted by atomic mass is 9.97. The summed E-state index contributed by atoms with van der Waals surface area (Å²) in [7, 11) is 3.94. The number of hydrogen-bond acceptors (Lipinski definition) is 3. The second kappa shape index (κ2) is 10.4. The highest BCUT2D eigenvalue weighted by atomic mass is 15.3. The van der Waals surface area contributed by atoms with Crippen LogP contribution < -0.4 is 5.32 Å². The Bertz CT molecular complexity index is 767. The van der Waals surface area contributed by atoms with Gasteiger partial charge in [-0.25, -0.2) is 4.68 Å². The van der Waals surface area contributed by atoms with Gasteiger partial charge < -0.3 is 15.1 Å². The van der Waals surface area contributed by atoms with E-state index in [0.717, 1.165) is 30.7 Å². The van der Waals surface area contributed by atoms with Crippen molar-refractivity contribution in [3.8, 4) is 5.69 Å². The van der Waals surface area contributed by atoms with Gasteiger partial charge in [-0.15, -0.1) is 0 Å². The molecular weight excluding hydrogens is 360 g/mol. The Morgan fingerprint density at radius 2 is 2.10 bits per heavy atom. The number of aromatic nitrogens is 2. The number of para-hydroxylation sites is 1. The van der Waals surface area contributed by atoms with E-state index in [-0.39, 0.29) is 0 Å². The number of nitrogens with zero attached hydrogens (tertiary/aromatic N) is 5. The molecule has 0 radical (unpaired) electrons. The van der Waals surface area contributed by atoms with Crippen LogP contribution >= 0.6 is 0 Å². The van der Waals surface area contributed by atoms with Crippen LogP contribution in [-0.4, -0.2) is 65.8 Å². The fourth-order valence-electron chi connectivity index (χ4n) is 4.13. The van der Waals surface area contributed by atoms with Crippen LogP contribution in [0.4, 0.5) is 0 Å². The Labute approximate surface area is 175 Å². The SMILES string of the molecule is CN=C(NCC1CCCN(CC(C)C)C1)N(C)Cc1cnn(-c2ccccc2)c1. The minimum atomic E-state index is 0.688. The van der Waals surface area contributed by atoms with Crippen molar-refractivity contribution < 1.29 is 0 Å². The molecule has 1 aliphatic rings. The van der Waals surface area contributed by atoms with Gasteiger partial charge in [0.05, 0.1) is 11.9 Å². The molecule has 0 bridgehead atoms. The molecule has 1 N–H and O–H groups in total. The third kappa shape index (κ3) is 6.32. The van der Waals surface area contributed by atoms with E-state index < -0.39 is 0 Å². The highest BCUT2D eigenvalue weighted by Gasteiger charge is 2.21. The maximum atomic E-state index is 4.50. The van der Waals surface area contributed by atoms with Gasteiger partial charge in [-0.1, -0.05) is 32.0 Å². The molecule has 6 heteroatoms. The third-order valence-corrected chi connectivity index (χ3v) is 5.43. The lowest BCUT2D eigenvalue weighted by Crippen LogP contribution is -2.45. The van der Waals surface area contributed by atoms with Crippen molar-refractivity contribution in [1.82, 2.24) is 24.9 Å².